The van der Waals surface area contributed by atoms with E-state index >= 15 is 9.59 Å². The first kappa shape index (κ1) is 77.0. The van der Waals surface area contributed by atoms with E-state index in [0.717, 1.165) is 40.4 Å². The maximum absolute atomic E-state index is 15.1. The molecule has 30 heteroatoms. The number of nitrogens with two attached hydrogens (primary N) is 1. The van der Waals surface area contributed by atoms with Gasteiger partial charge in [0.15, 0.2) is 0 Å². The topological polar surface area (TPSA) is 364 Å². The molecular weight excluding hydrogens is 1360 g/mol. The molecule has 6 amide bonds. The van der Waals surface area contributed by atoms with Crippen molar-refractivity contribution in [1.29, 1.82) is 0 Å². The van der Waals surface area contributed by atoms with Crippen molar-refractivity contribution in [3.8, 4) is 5.75 Å². The minimum absolute atomic E-state index is 0.0338. The van der Waals surface area contributed by atoms with Crippen LogP contribution in [0, 0.1) is 11.6 Å². The van der Waals surface area contributed by atoms with Gasteiger partial charge in [-0.1, -0.05) is 48.4 Å². The van der Waals surface area contributed by atoms with E-state index in [1.807, 2.05) is 19.1 Å². The number of benzene rings is 4. The number of carboxylic acid groups (broad SMARTS) is 1. The van der Waals surface area contributed by atoms with E-state index < -0.39 is 108 Å². The fourth-order valence-electron chi connectivity index (χ4n) is 12.7. The number of unbranched alkanes of at least 4 members (excludes halogenated alkanes) is 1. The zero-order chi connectivity index (χ0) is 72.0. The minimum Gasteiger partial charge on any atom is -0.495 e. The third kappa shape index (κ3) is 21.9. The van der Waals surface area contributed by atoms with Crippen molar-refractivity contribution in [3.63, 3.8) is 0 Å². The van der Waals surface area contributed by atoms with Crippen LogP contribution >= 0.6 is 35.1 Å². The van der Waals surface area contributed by atoms with Gasteiger partial charge in [0.2, 0.25) is 35.4 Å². The number of nitrogens with one attached hydrogen (secondary N) is 11. The van der Waals surface area contributed by atoms with Gasteiger partial charge < -0.3 is 77.6 Å². The smallest absolute Gasteiger partial charge is 0.305 e. The molecule has 2 aliphatic rings. The molecule has 2 bridgehead atoms. The first-order chi connectivity index (χ1) is 48.7. The van der Waals surface area contributed by atoms with Crippen molar-refractivity contribution in [2.75, 3.05) is 58.1 Å². The highest BCUT2D eigenvalue weighted by molar-refractivity contribution is 7.98. The Bertz CT molecular complexity index is 3940. The highest BCUT2D eigenvalue weighted by Gasteiger charge is 2.48. The van der Waals surface area contributed by atoms with Crippen molar-refractivity contribution in [2.24, 2.45) is 5.73 Å². The molecule has 0 radical (unpaired) electrons. The molecule has 101 heavy (non-hydrogen) atoms. The molecule has 0 saturated carbocycles. The summed E-state index contributed by atoms with van der Waals surface area (Å²) in [5.74, 6) is -3.77. The van der Waals surface area contributed by atoms with Crippen LogP contribution in [0.15, 0.2) is 104 Å². The number of methoxy groups -OCH3 is 1. The van der Waals surface area contributed by atoms with Crippen molar-refractivity contribution in [1.82, 2.24) is 67.4 Å². The number of ether oxygens (including phenoxy) is 2. The summed E-state index contributed by atoms with van der Waals surface area (Å²) in [6, 6.07) is 12.9. The number of amides is 6. The SMILES string of the molecule is COc1ccc(C[C@@H]2NCOC[C@H](Cc3c[nH]cn3)NC(=O)[C@H](CC(=O)O)NC(=O)[C@H](Cc3c[nH]c4ccc(F)cc34)NC(=O)[C@H](Cc3c[nH]c4ccc(F)cc34)NC(=O)[C@@H](C)NC(=O)[C@H](CCCCN)NCCCSCc3cccc(c3)CSCCNC(=O)[C@]3(C)CCCN3C2O)cc1Cl. The molecule has 9 rings (SSSR count). The van der Waals surface area contributed by atoms with Crippen LogP contribution in [0.2, 0.25) is 5.02 Å². The Morgan fingerprint density at radius 2 is 1.39 bits per heavy atom. The summed E-state index contributed by atoms with van der Waals surface area (Å²) >= 11 is 10.1. The summed E-state index contributed by atoms with van der Waals surface area (Å²) in [6.07, 6.45) is 6.97. The van der Waals surface area contributed by atoms with Crippen LogP contribution in [0.5, 0.6) is 5.75 Å². The number of fused-ring (bicyclic) bond motifs is 5. The number of imidazole rings is 1. The van der Waals surface area contributed by atoms with Crippen LogP contribution in [0.3, 0.4) is 0 Å². The Morgan fingerprint density at radius 1 is 0.743 bits per heavy atom. The molecule has 5 heterocycles. The number of rotatable bonds is 15. The predicted octanol–water partition coefficient (Wildman–Crippen LogP) is 5.38. The molecule has 544 valence electrons. The molecule has 1 saturated heterocycles. The van der Waals surface area contributed by atoms with Crippen molar-refractivity contribution >= 4 is 98.3 Å². The standard InChI is InChI=1S/C71H91ClF2N14O11S2/c1-42-64(91)85-58(28-46-34-79-55-15-13-48(73)30-52(46)55)67(94)86-59(29-47-35-80-56-16-14-49(74)31-53(47)56)68(95)87-60(33-63(89)90)66(93)84-51(32-50-36-76-40-81-50)37-99-41-82-61(27-43-12-17-62(98-3)54(72)26-43)69(96)88-22-7-18-71(88,2)70(97)78-21-24-101-39-45-10-6-9-44(25-45)38-100-23-8-20-77-57(65(92)83-42)11-4-5-19-75/h6,9-10,12-17,25-26,30-31,34-36,40,42,51,57-61,69,77,79-80,82,96H,4-5,7-8,11,18-24,27-29,32-33,37-39,41,75H2,1-3H3,(H,76,81)(H,78,97)(H,83,92)(H,84,93)(H,85,91)(H,86,94)(H,87,95)(H,89,90)/t42-,51+,57+,58+,59+,60+,61+,69?,71+/m1/s1. The van der Waals surface area contributed by atoms with Gasteiger partial charge in [0.1, 0.15) is 47.8 Å². The fourth-order valence-corrected chi connectivity index (χ4v) is 14.7. The van der Waals surface area contributed by atoms with Gasteiger partial charge in [0, 0.05) is 90.0 Å². The molecule has 1 fully saturated rings. The van der Waals surface area contributed by atoms with E-state index in [1.165, 1.54) is 63.0 Å². The summed E-state index contributed by atoms with van der Waals surface area (Å²) < 4.78 is 41.5. The molecule has 0 spiro atoms. The molecule has 15 N–H and O–H groups in total. The zero-order valence-electron chi connectivity index (χ0n) is 56.8. The Hall–Kier alpha value is -8.13. The third-order valence-corrected chi connectivity index (χ3v) is 20.6. The van der Waals surface area contributed by atoms with Gasteiger partial charge in [-0.25, -0.2) is 13.8 Å². The largest absolute Gasteiger partial charge is 0.495 e. The number of carbonyl (C=O) groups is 7. The van der Waals surface area contributed by atoms with Crippen molar-refractivity contribution in [3.05, 3.63) is 154 Å². The van der Waals surface area contributed by atoms with E-state index in [9.17, 15) is 43.0 Å². The van der Waals surface area contributed by atoms with Crippen LogP contribution in [-0.2, 0) is 75.5 Å². The number of carbonyl (C=O) groups excluding carboxylic acids is 6. The average molecular weight is 1450 g/mol. The molecule has 1 unspecified atom stereocenters. The lowest BCUT2D eigenvalue weighted by molar-refractivity contribution is -0.141. The number of aliphatic carboxylic acids is 1. The molecule has 4 aromatic carbocycles. The normalized spacial score (nSPS) is 24.0. The van der Waals surface area contributed by atoms with Crippen molar-refractivity contribution in [2.45, 2.75) is 150 Å². The Balaban J connectivity index is 1.01. The molecule has 0 aliphatic carbocycles. The van der Waals surface area contributed by atoms with Crippen LogP contribution < -0.4 is 53.0 Å². The highest BCUT2D eigenvalue weighted by Crippen LogP contribution is 2.34. The third-order valence-electron chi connectivity index (χ3n) is 18.2. The van der Waals surface area contributed by atoms with Gasteiger partial charge in [-0.15, -0.1) is 0 Å². The second-order valence-corrected chi connectivity index (χ2v) is 28.3. The minimum atomic E-state index is -1.81. The Labute approximate surface area is 598 Å². The Kier molecular flexibility index (Phi) is 28.7. The summed E-state index contributed by atoms with van der Waals surface area (Å²) in [4.78, 5) is 116. The number of thioether (sulfide) groups is 2. The number of hydrogen-bond acceptors (Lipinski definition) is 17. The lowest BCUT2D eigenvalue weighted by atomic mass is 9.95. The van der Waals surface area contributed by atoms with Gasteiger partial charge in [0.25, 0.3) is 0 Å². The molecule has 7 aromatic rings. The van der Waals surface area contributed by atoms with Gasteiger partial charge >= 0.3 is 5.97 Å². The fraction of sp³-hybridized carbons (Fsp3) is 0.465. The van der Waals surface area contributed by atoms with Gasteiger partial charge in [-0.3, -0.25) is 43.8 Å². The van der Waals surface area contributed by atoms with E-state index in [-0.39, 0.29) is 44.9 Å². The molecule has 9 atom stereocenters. The lowest BCUT2D eigenvalue weighted by Crippen LogP contribution is -2.62. The number of aliphatic hydroxyl groups excluding tert-OH is 1. The van der Waals surface area contributed by atoms with E-state index in [4.69, 9.17) is 26.8 Å². The van der Waals surface area contributed by atoms with Crippen LogP contribution in [0.4, 0.5) is 8.78 Å². The summed E-state index contributed by atoms with van der Waals surface area (Å²) in [5.41, 5.74) is 9.98. The summed E-state index contributed by atoms with van der Waals surface area (Å²) in [6.45, 7) is 4.51. The quantitative estimate of drug-likeness (QED) is 0.0573. The number of aliphatic hydroxyl groups is 1. The van der Waals surface area contributed by atoms with Crippen LogP contribution in [0.1, 0.15) is 92.3 Å². The maximum Gasteiger partial charge on any atom is 0.305 e. The van der Waals surface area contributed by atoms with E-state index in [0.29, 0.717) is 113 Å². The molecule has 2 aliphatic heterocycles. The number of aromatic nitrogens is 4. The number of aromatic amines is 3. The molecule has 25 nitrogen and oxygen atoms in total. The van der Waals surface area contributed by atoms with Crippen molar-refractivity contribution < 1.29 is 62.0 Å². The van der Waals surface area contributed by atoms with E-state index in [2.05, 4.69) is 80.7 Å². The Morgan fingerprint density at radius 3 is 2.02 bits per heavy atom. The average Bonchev–Trinajstić information content (AvgIpc) is 1.72. The first-order valence-corrected chi connectivity index (χ1v) is 36.6. The number of nitrogens with zero attached hydrogens (tertiary/aromatic N) is 2. The number of halogens is 3. The highest BCUT2D eigenvalue weighted by atomic mass is 35.5. The number of carboxylic acids is 1. The number of hydrogen-bond donors (Lipinski definition) is 14. The van der Waals surface area contributed by atoms with Gasteiger partial charge in [-0.2, -0.15) is 23.5 Å². The molecular formula is C71H91ClF2N14O11S2. The van der Waals surface area contributed by atoms with E-state index in [1.54, 1.807) is 53.0 Å². The second kappa shape index (κ2) is 37.7. The summed E-state index contributed by atoms with van der Waals surface area (Å²) in [7, 11) is 1.50. The maximum atomic E-state index is 15.1. The zero-order valence-corrected chi connectivity index (χ0v) is 59.2. The predicted molar refractivity (Wildman–Crippen MR) is 385 cm³/mol. The molecule has 3 aromatic heterocycles. The second-order valence-electron chi connectivity index (χ2n) is 25.7. The number of H-pyrrole nitrogens is 3. The van der Waals surface area contributed by atoms with Gasteiger partial charge in [-0.05, 0) is 148 Å². The van der Waals surface area contributed by atoms with Crippen LogP contribution in [-0.4, -0.2) is 189 Å². The lowest BCUT2D eigenvalue weighted by Gasteiger charge is -2.40. The summed E-state index contributed by atoms with van der Waals surface area (Å²) in [5, 5.41) is 47.4. The van der Waals surface area contributed by atoms with Crippen LogP contribution in [0.25, 0.3) is 21.8 Å². The monoisotopic (exact) mass is 1450 g/mol. The first-order valence-electron chi connectivity index (χ1n) is 33.9. The van der Waals surface area contributed by atoms with Gasteiger partial charge in [0.05, 0.1) is 67.6 Å².